The molecule has 1 aromatic carbocycles. The molecule has 0 spiro atoms. The van der Waals surface area contributed by atoms with E-state index in [4.69, 9.17) is 5.11 Å². The highest BCUT2D eigenvalue weighted by atomic mass is 16.4. The summed E-state index contributed by atoms with van der Waals surface area (Å²) in [6, 6.07) is 5.88. The number of benzene rings is 1. The number of nitrogens with zero attached hydrogens (tertiary/aromatic N) is 1. The summed E-state index contributed by atoms with van der Waals surface area (Å²) in [7, 11) is 0. The molecular formula is C16H13NO4. The number of aromatic carboxylic acids is 1. The number of hydrogen-bond donors (Lipinski definition) is 1. The number of fused-ring (bicyclic) bond motifs is 5. The quantitative estimate of drug-likeness (QED) is 0.662. The lowest BCUT2D eigenvalue weighted by Crippen LogP contribution is -2.32. The number of carboxylic acid groups (broad SMARTS) is 1. The molecule has 2 amide bonds. The number of amides is 2. The summed E-state index contributed by atoms with van der Waals surface area (Å²) in [4.78, 5) is 37.2. The molecule has 2 fully saturated rings. The van der Waals surface area contributed by atoms with Crippen molar-refractivity contribution in [3.63, 3.8) is 0 Å². The minimum absolute atomic E-state index is 0.139. The van der Waals surface area contributed by atoms with Gasteiger partial charge in [-0.15, -0.1) is 0 Å². The Morgan fingerprint density at radius 1 is 1.00 bits per heavy atom. The number of imide groups is 1. The monoisotopic (exact) mass is 283 g/mol. The predicted molar refractivity (Wildman–Crippen MR) is 73.6 cm³/mol. The smallest absolute Gasteiger partial charge is 0.335 e. The first-order chi connectivity index (χ1) is 10.1. The molecule has 0 aromatic heterocycles. The highest BCUT2D eigenvalue weighted by Gasteiger charge is 2.59. The highest BCUT2D eigenvalue weighted by molar-refractivity contribution is 6.22. The largest absolute Gasteiger partial charge is 0.478 e. The third kappa shape index (κ3) is 1.54. The van der Waals surface area contributed by atoms with Crippen LogP contribution in [0.1, 0.15) is 16.8 Å². The Morgan fingerprint density at radius 2 is 1.52 bits per heavy atom. The first-order valence-corrected chi connectivity index (χ1v) is 6.97. The number of carbonyl (C=O) groups excluding carboxylic acids is 2. The van der Waals surface area contributed by atoms with Gasteiger partial charge in [-0.3, -0.25) is 14.5 Å². The van der Waals surface area contributed by atoms with Crippen LogP contribution in [0, 0.1) is 23.7 Å². The zero-order chi connectivity index (χ0) is 14.7. The van der Waals surface area contributed by atoms with Gasteiger partial charge in [0.05, 0.1) is 23.1 Å². The molecule has 2 aliphatic carbocycles. The fraction of sp³-hybridized carbons (Fsp3) is 0.312. The lowest BCUT2D eigenvalue weighted by atomic mass is 9.85. The zero-order valence-electron chi connectivity index (χ0n) is 11.1. The standard InChI is InChI=1S/C16H13NO4/c18-14-12-9-1-2-10(7-9)13(12)15(19)17(14)11-5-3-8(4-6-11)16(20)21/h1-6,9-10,12-13H,7H2,(H,20,21)/t9-,10-,12-,13+/m1/s1. The second-order valence-corrected chi connectivity index (χ2v) is 5.86. The fourth-order valence-corrected chi connectivity index (χ4v) is 3.91. The number of carbonyl (C=O) groups is 3. The van der Waals surface area contributed by atoms with E-state index in [9.17, 15) is 14.4 Å². The van der Waals surface area contributed by atoms with Crippen molar-refractivity contribution >= 4 is 23.5 Å². The Morgan fingerprint density at radius 3 is 2.00 bits per heavy atom. The molecule has 1 heterocycles. The van der Waals surface area contributed by atoms with E-state index >= 15 is 0 Å². The molecule has 0 radical (unpaired) electrons. The van der Waals surface area contributed by atoms with E-state index in [-0.39, 0.29) is 41.0 Å². The summed E-state index contributed by atoms with van der Waals surface area (Å²) in [6.07, 6.45) is 5.00. The second kappa shape index (κ2) is 4.04. The molecule has 2 bridgehead atoms. The molecule has 1 aromatic rings. The Labute approximate surface area is 120 Å². The van der Waals surface area contributed by atoms with Crippen LogP contribution in [0.15, 0.2) is 36.4 Å². The molecule has 0 unspecified atom stereocenters. The average Bonchev–Trinajstić information content (AvgIpc) is 3.13. The molecule has 3 aliphatic rings. The normalized spacial score (nSPS) is 32.9. The van der Waals surface area contributed by atoms with E-state index in [2.05, 4.69) is 0 Å². The first kappa shape index (κ1) is 12.3. The van der Waals surface area contributed by atoms with Gasteiger partial charge in [-0.05, 0) is 42.5 Å². The summed E-state index contributed by atoms with van der Waals surface area (Å²) in [5.74, 6) is -1.42. The van der Waals surface area contributed by atoms with Crippen molar-refractivity contribution in [3.05, 3.63) is 42.0 Å². The fourth-order valence-electron chi connectivity index (χ4n) is 3.91. The van der Waals surface area contributed by atoms with Crippen LogP contribution in [0.25, 0.3) is 0 Å². The lowest BCUT2D eigenvalue weighted by molar-refractivity contribution is -0.123. The summed E-state index contributed by atoms with van der Waals surface area (Å²) in [5.41, 5.74) is 0.601. The topological polar surface area (TPSA) is 74.7 Å². The van der Waals surface area contributed by atoms with Crippen LogP contribution in [0.4, 0.5) is 5.69 Å². The lowest BCUT2D eigenvalue weighted by Gasteiger charge is -2.17. The van der Waals surface area contributed by atoms with E-state index in [0.29, 0.717) is 5.69 Å². The van der Waals surface area contributed by atoms with Gasteiger partial charge in [0, 0.05) is 0 Å². The SMILES string of the molecule is O=C(O)c1ccc(N2C(=O)[C@@H]3[C@H](C2=O)[C@@H]2C=C[C@@H]3C2)cc1. The van der Waals surface area contributed by atoms with E-state index in [1.54, 1.807) is 0 Å². The molecule has 5 heteroatoms. The third-order valence-electron chi connectivity index (χ3n) is 4.84. The van der Waals surface area contributed by atoms with Crippen molar-refractivity contribution in [1.29, 1.82) is 0 Å². The average molecular weight is 283 g/mol. The molecule has 4 atom stereocenters. The van der Waals surface area contributed by atoms with E-state index < -0.39 is 5.97 Å². The van der Waals surface area contributed by atoms with Crippen LogP contribution in [0.3, 0.4) is 0 Å². The van der Waals surface area contributed by atoms with E-state index in [1.807, 2.05) is 12.2 Å². The molecule has 106 valence electrons. The maximum Gasteiger partial charge on any atom is 0.335 e. The Balaban J connectivity index is 1.69. The molecule has 1 saturated heterocycles. The minimum Gasteiger partial charge on any atom is -0.478 e. The molecule has 5 nitrogen and oxygen atoms in total. The van der Waals surface area contributed by atoms with Gasteiger partial charge in [-0.1, -0.05) is 12.2 Å². The van der Waals surface area contributed by atoms with Gasteiger partial charge < -0.3 is 5.11 Å². The second-order valence-electron chi connectivity index (χ2n) is 5.86. The van der Waals surface area contributed by atoms with Gasteiger partial charge in [0.1, 0.15) is 0 Å². The van der Waals surface area contributed by atoms with E-state index in [1.165, 1.54) is 29.2 Å². The molecule has 21 heavy (non-hydrogen) atoms. The summed E-state index contributed by atoms with van der Waals surface area (Å²) in [5, 5.41) is 8.90. The van der Waals surface area contributed by atoms with Gasteiger partial charge >= 0.3 is 5.97 Å². The van der Waals surface area contributed by atoms with Crippen LogP contribution in [-0.2, 0) is 9.59 Å². The van der Waals surface area contributed by atoms with Crippen molar-refractivity contribution in [3.8, 4) is 0 Å². The van der Waals surface area contributed by atoms with Crippen LogP contribution in [0.5, 0.6) is 0 Å². The molecule has 4 rings (SSSR count). The van der Waals surface area contributed by atoms with Crippen LogP contribution < -0.4 is 4.90 Å². The summed E-state index contributed by atoms with van der Waals surface area (Å²) < 4.78 is 0. The van der Waals surface area contributed by atoms with E-state index in [0.717, 1.165) is 6.42 Å². The first-order valence-electron chi connectivity index (χ1n) is 6.97. The van der Waals surface area contributed by atoms with Gasteiger partial charge in [-0.2, -0.15) is 0 Å². The number of anilines is 1. The Bertz CT molecular complexity index is 661. The summed E-state index contributed by atoms with van der Waals surface area (Å²) in [6.45, 7) is 0. The zero-order valence-corrected chi connectivity index (χ0v) is 11.1. The maximum absolute atomic E-state index is 12.6. The Hall–Kier alpha value is -2.43. The van der Waals surface area contributed by atoms with Gasteiger partial charge in [0.15, 0.2) is 0 Å². The number of allylic oxidation sites excluding steroid dienone is 2. The number of rotatable bonds is 2. The van der Waals surface area contributed by atoms with Gasteiger partial charge in [0.25, 0.3) is 0 Å². The van der Waals surface area contributed by atoms with Gasteiger partial charge in [-0.25, -0.2) is 4.79 Å². The van der Waals surface area contributed by atoms with Crippen molar-refractivity contribution < 1.29 is 19.5 Å². The third-order valence-corrected chi connectivity index (χ3v) is 4.84. The van der Waals surface area contributed by atoms with Crippen molar-refractivity contribution in [1.82, 2.24) is 0 Å². The van der Waals surface area contributed by atoms with Crippen LogP contribution >= 0.6 is 0 Å². The number of hydrogen-bond acceptors (Lipinski definition) is 3. The molecule has 1 aliphatic heterocycles. The minimum atomic E-state index is -1.03. The Kier molecular flexibility index (Phi) is 2.37. The van der Waals surface area contributed by atoms with Crippen LogP contribution in [0.2, 0.25) is 0 Å². The number of carboxylic acids is 1. The predicted octanol–water partition coefficient (Wildman–Crippen LogP) is 1.70. The molecule has 1 N–H and O–H groups in total. The molecular weight excluding hydrogens is 270 g/mol. The highest BCUT2D eigenvalue weighted by Crippen LogP contribution is 2.53. The van der Waals surface area contributed by atoms with Gasteiger partial charge in [0.2, 0.25) is 11.8 Å². The van der Waals surface area contributed by atoms with Crippen molar-refractivity contribution in [2.24, 2.45) is 23.7 Å². The maximum atomic E-state index is 12.6. The summed E-state index contributed by atoms with van der Waals surface area (Å²) >= 11 is 0. The van der Waals surface area contributed by atoms with Crippen molar-refractivity contribution in [2.45, 2.75) is 6.42 Å². The van der Waals surface area contributed by atoms with Crippen LogP contribution in [-0.4, -0.2) is 22.9 Å². The van der Waals surface area contributed by atoms with Crippen molar-refractivity contribution in [2.75, 3.05) is 4.90 Å². The molecule has 1 saturated carbocycles.